The minimum absolute atomic E-state index is 0.0899. The molecule has 0 aromatic heterocycles. The first-order valence-corrected chi connectivity index (χ1v) is 11.0. The zero-order chi connectivity index (χ0) is 24.3. The van der Waals surface area contributed by atoms with E-state index in [0.717, 1.165) is 5.57 Å². The molecule has 1 spiro atoms. The van der Waals surface area contributed by atoms with Gasteiger partial charge >= 0.3 is 23.9 Å². The first kappa shape index (κ1) is 23.7. The van der Waals surface area contributed by atoms with Gasteiger partial charge in [-0.2, -0.15) is 0 Å². The molecule has 3 fully saturated rings. The Morgan fingerprint density at radius 1 is 1.00 bits per heavy atom. The van der Waals surface area contributed by atoms with Crippen molar-refractivity contribution in [3.63, 3.8) is 0 Å². The third kappa shape index (κ3) is 3.37. The molecule has 0 radical (unpaired) electrons. The van der Waals surface area contributed by atoms with Gasteiger partial charge in [-0.25, -0.2) is 0 Å². The molecule has 0 aromatic carbocycles. The van der Waals surface area contributed by atoms with Crippen LogP contribution in [-0.2, 0) is 47.6 Å². The lowest BCUT2D eigenvalue weighted by Crippen LogP contribution is -2.68. The van der Waals surface area contributed by atoms with Crippen LogP contribution in [0.25, 0.3) is 0 Å². The summed E-state index contributed by atoms with van der Waals surface area (Å²) in [6.07, 6.45) is -1.65. The van der Waals surface area contributed by atoms with Crippen molar-refractivity contribution >= 4 is 23.9 Å². The molecule has 4 rings (SSSR count). The average molecular weight is 466 g/mol. The van der Waals surface area contributed by atoms with E-state index in [9.17, 15) is 19.2 Å². The van der Waals surface area contributed by atoms with Crippen molar-refractivity contribution in [2.45, 2.75) is 84.1 Å². The highest BCUT2D eigenvalue weighted by atomic mass is 16.7. The molecule has 1 saturated carbocycles. The van der Waals surface area contributed by atoms with Crippen molar-refractivity contribution < 1.29 is 47.6 Å². The summed E-state index contributed by atoms with van der Waals surface area (Å²) in [5.74, 6) is -2.05. The van der Waals surface area contributed by atoms with Crippen LogP contribution in [0, 0.1) is 10.8 Å². The van der Waals surface area contributed by atoms with Crippen LogP contribution in [0.2, 0.25) is 0 Å². The van der Waals surface area contributed by atoms with Crippen LogP contribution >= 0.6 is 0 Å². The lowest BCUT2D eigenvalue weighted by atomic mass is 9.51. The minimum Gasteiger partial charge on any atom is -0.465 e. The molecule has 10 nitrogen and oxygen atoms in total. The second kappa shape index (κ2) is 7.80. The number of hydrogen-bond donors (Lipinski definition) is 0. The molecule has 8 atom stereocenters. The lowest BCUT2D eigenvalue weighted by Gasteiger charge is -2.58. The van der Waals surface area contributed by atoms with E-state index in [1.165, 1.54) is 27.7 Å². The van der Waals surface area contributed by atoms with E-state index in [0.29, 0.717) is 6.61 Å². The summed E-state index contributed by atoms with van der Waals surface area (Å²) in [6, 6.07) is 0. The Morgan fingerprint density at radius 3 is 2.12 bits per heavy atom. The molecule has 10 heteroatoms. The van der Waals surface area contributed by atoms with Crippen molar-refractivity contribution in [3.05, 3.63) is 11.6 Å². The molecule has 0 aromatic rings. The summed E-state index contributed by atoms with van der Waals surface area (Å²) in [5, 5.41) is 0. The normalized spacial score (nSPS) is 42.6. The van der Waals surface area contributed by atoms with Gasteiger partial charge in [0.05, 0.1) is 23.5 Å². The summed E-state index contributed by atoms with van der Waals surface area (Å²) in [6.45, 7) is 9.11. The molecule has 2 bridgehead atoms. The fourth-order valence-electron chi connectivity index (χ4n) is 6.21. The van der Waals surface area contributed by atoms with E-state index < -0.39 is 70.8 Å². The summed E-state index contributed by atoms with van der Waals surface area (Å²) < 4.78 is 35.1. The number of hydrogen-bond acceptors (Lipinski definition) is 10. The van der Waals surface area contributed by atoms with Gasteiger partial charge < -0.3 is 28.4 Å². The molecule has 0 unspecified atom stereocenters. The van der Waals surface area contributed by atoms with E-state index >= 15 is 0 Å². The Hall–Kier alpha value is -2.46. The van der Waals surface area contributed by atoms with Crippen LogP contribution in [0.15, 0.2) is 11.6 Å². The quantitative estimate of drug-likeness (QED) is 0.253. The second-order valence-electron chi connectivity index (χ2n) is 9.61. The predicted octanol–water partition coefficient (Wildman–Crippen LogP) is 1.24. The zero-order valence-corrected chi connectivity index (χ0v) is 19.7. The second-order valence-corrected chi connectivity index (χ2v) is 9.61. The summed E-state index contributed by atoms with van der Waals surface area (Å²) >= 11 is 0. The van der Waals surface area contributed by atoms with Crippen LogP contribution in [-0.4, -0.2) is 73.2 Å². The van der Waals surface area contributed by atoms with Crippen molar-refractivity contribution in [1.82, 2.24) is 0 Å². The average Bonchev–Trinajstić information content (AvgIpc) is 3.47. The topological polar surface area (TPSA) is 127 Å². The third-order valence-corrected chi connectivity index (χ3v) is 7.74. The van der Waals surface area contributed by atoms with Gasteiger partial charge in [0.2, 0.25) is 0 Å². The van der Waals surface area contributed by atoms with Gasteiger partial charge in [0.1, 0.15) is 24.4 Å². The number of carbonyl (C=O) groups is 4. The van der Waals surface area contributed by atoms with E-state index in [-0.39, 0.29) is 13.0 Å². The molecule has 2 heterocycles. The maximum Gasteiger partial charge on any atom is 0.303 e. The molecule has 182 valence electrons. The fourth-order valence-corrected chi connectivity index (χ4v) is 6.21. The third-order valence-electron chi connectivity index (χ3n) is 7.74. The maximum atomic E-state index is 12.2. The molecule has 2 aliphatic carbocycles. The largest absolute Gasteiger partial charge is 0.465 e. The molecule has 4 aliphatic rings. The smallest absolute Gasteiger partial charge is 0.303 e. The summed E-state index contributed by atoms with van der Waals surface area (Å²) in [5.41, 5.74) is -2.13. The highest BCUT2D eigenvalue weighted by Gasteiger charge is 2.87. The molecule has 33 heavy (non-hydrogen) atoms. The molecular formula is C23H30O10. The number of epoxide rings is 1. The highest BCUT2D eigenvalue weighted by Crippen LogP contribution is 2.72. The van der Waals surface area contributed by atoms with Gasteiger partial charge in [-0.15, -0.1) is 0 Å². The molecule has 2 saturated heterocycles. The van der Waals surface area contributed by atoms with Crippen LogP contribution in [0.5, 0.6) is 0 Å². The lowest BCUT2D eigenvalue weighted by molar-refractivity contribution is -0.241. The molecule has 0 N–H and O–H groups in total. The van der Waals surface area contributed by atoms with E-state index in [1.807, 2.05) is 19.9 Å². The first-order chi connectivity index (χ1) is 15.4. The minimum atomic E-state index is -1.000. The van der Waals surface area contributed by atoms with Gasteiger partial charge in [0.25, 0.3) is 0 Å². The van der Waals surface area contributed by atoms with Gasteiger partial charge in [0.15, 0.2) is 12.2 Å². The van der Waals surface area contributed by atoms with Gasteiger partial charge in [-0.1, -0.05) is 13.0 Å². The molecule has 0 amide bonds. The maximum absolute atomic E-state index is 12.2. The summed E-state index contributed by atoms with van der Waals surface area (Å²) in [7, 11) is 0. The Kier molecular flexibility index (Phi) is 5.60. The van der Waals surface area contributed by atoms with Crippen LogP contribution < -0.4 is 0 Å². The zero-order valence-electron chi connectivity index (χ0n) is 19.7. The Labute approximate surface area is 191 Å². The van der Waals surface area contributed by atoms with Crippen molar-refractivity contribution in [1.29, 1.82) is 0 Å². The van der Waals surface area contributed by atoms with Gasteiger partial charge in [-0.05, 0) is 12.5 Å². The number of esters is 4. The van der Waals surface area contributed by atoms with Crippen molar-refractivity contribution in [2.24, 2.45) is 10.8 Å². The summed E-state index contributed by atoms with van der Waals surface area (Å²) in [4.78, 5) is 47.9. The number of rotatable bonds is 5. The highest BCUT2D eigenvalue weighted by molar-refractivity contribution is 5.69. The molecular weight excluding hydrogens is 436 g/mol. The monoisotopic (exact) mass is 466 g/mol. The number of ether oxygens (including phenoxy) is 6. The van der Waals surface area contributed by atoms with Crippen LogP contribution in [0.1, 0.15) is 48.0 Å². The van der Waals surface area contributed by atoms with Gasteiger partial charge in [-0.3, -0.25) is 19.2 Å². The van der Waals surface area contributed by atoms with Gasteiger partial charge in [0, 0.05) is 34.1 Å². The first-order valence-electron chi connectivity index (χ1n) is 11.0. The Morgan fingerprint density at radius 2 is 1.61 bits per heavy atom. The Balaban J connectivity index is 1.90. The van der Waals surface area contributed by atoms with Crippen LogP contribution in [0.4, 0.5) is 0 Å². The van der Waals surface area contributed by atoms with E-state index in [1.54, 1.807) is 0 Å². The van der Waals surface area contributed by atoms with Crippen molar-refractivity contribution in [3.8, 4) is 0 Å². The standard InChI is InChI=1S/C23H30O10/c1-11-7-17-22(9-28-12(2)24,8-16(11)30-13(3)25)21(6)19(32-15(5)27)18(31-14(4)26)20(33-17)23(21)10-29-23/h7,16-20H,8-10H2,1-6H3/t16-,17+,18+,19+,20+,21+,22+,23-/m0/s1. The van der Waals surface area contributed by atoms with E-state index in [4.69, 9.17) is 28.4 Å². The van der Waals surface area contributed by atoms with Crippen LogP contribution in [0.3, 0.4) is 0 Å². The molecule has 2 aliphatic heterocycles. The van der Waals surface area contributed by atoms with E-state index in [2.05, 4.69) is 0 Å². The predicted molar refractivity (Wildman–Crippen MR) is 110 cm³/mol. The van der Waals surface area contributed by atoms with Crippen molar-refractivity contribution in [2.75, 3.05) is 13.2 Å². The SMILES string of the molecule is CC(=O)OC[C@]12C[C@H](OC(C)=O)C(C)=C[C@H]1O[C@@H]1[C@H](OC(C)=O)[C@@H](OC(C)=O)[C@@]2(C)[C@]12CO2. The Bertz CT molecular complexity index is 920. The number of fused-ring (bicyclic) bond motifs is 2. The fraction of sp³-hybridized carbons (Fsp3) is 0.739. The number of carbonyl (C=O) groups excluding carboxylic acids is 4.